The van der Waals surface area contributed by atoms with Crippen LogP contribution in [0.25, 0.3) is 11.0 Å². The lowest BCUT2D eigenvalue weighted by molar-refractivity contribution is 0.102. The van der Waals surface area contributed by atoms with Gasteiger partial charge in [-0.3, -0.25) is 10.1 Å². The van der Waals surface area contributed by atoms with Gasteiger partial charge in [-0.05, 0) is 38.1 Å². The van der Waals surface area contributed by atoms with Gasteiger partial charge >= 0.3 is 0 Å². The Balaban J connectivity index is 1.81. The van der Waals surface area contributed by atoms with Crippen molar-refractivity contribution in [3.8, 4) is 0 Å². The zero-order valence-corrected chi connectivity index (χ0v) is 12.9. The number of nitrogens with zero attached hydrogens (tertiary/aromatic N) is 4. The van der Waals surface area contributed by atoms with E-state index in [0.717, 1.165) is 35.5 Å². The molecule has 3 N–H and O–H groups in total. The second-order valence-electron chi connectivity index (χ2n) is 4.88. The number of carbonyl (C=O) groups is 1. The zero-order chi connectivity index (χ0) is 15.5. The van der Waals surface area contributed by atoms with Gasteiger partial charge in [0, 0.05) is 23.6 Å². The van der Waals surface area contributed by atoms with Crippen LogP contribution in [0.3, 0.4) is 0 Å². The van der Waals surface area contributed by atoms with Crippen LogP contribution in [0.4, 0.5) is 5.13 Å². The third-order valence-corrected chi connectivity index (χ3v) is 3.96. The minimum atomic E-state index is -0.213. The van der Waals surface area contributed by atoms with Gasteiger partial charge in [0.15, 0.2) is 0 Å². The van der Waals surface area contributed by atoms with Gasteiger partial charge in [-0.15, -0.1) is 0 Å². The Morgan fingerprint density at radius 1 is 1.45 bits per heavy atom. The molecule has 3 aromatic rings. The molecule has 8 heteroatoms. The molecule has 2 heterocycles. The molecule has 0 atom stereocenters. The highest BCUT2D eigenvalue weighted by Gasteiger charge is 2.11. The average molecular weight is 316 g/mol. The summed E-state index contributed by atoms with van der Waals surface area (Å²) in [6.45, 7) is 3.25. The van der Waals surface area contributed by atoms with E-state index in [9.17, 15) is 4.79 Å². The summed E-state index contributed by atoms with van der Waals surface area (Å²) in [6.07, 6.45) is 2.67. The summed E-state index contributed by atoms with van der Waals surface area (Å²) < 4.78 is 6.07. The Hall–Kier alpha value is -2.32. The number of benzene rings is 1. The van der Waals surface area contributed by atoms with E-state index in [4.69, 9.17) is 5.73 Å². The topological polar surface area (TPSA) is 98.7 Å². The smallest absolute Gasteiger partial charge is 0.257 e. The van der Waals surface area contributed by atoms with Gasteiger partial charge < -0.3 is 10.3 Å². The molecule has 114 valence electrons. The maximum atomic E-state index is 12.2. The standard InChI is InChI=1S/C14H16N6OS/c1-9-17-14(22-19-9)18-13(21)10-3-4-12-11(7-10)16-8-20(12)6-2-5-15/h3-4,7-8H,2,5-6,15H2,1H3,(H,17,18,19,21). The third kappa shape index (κ3) is 2.97. The van der Waals surface area contributed by atoms with Crippen molar-refractivity contribution < 1.29 is 4.79 Å². The number of hydrogen-bond acceptors (Lipinski definition) is 6. The van der Waals surface area contributed by atoms with Crippen LogP contribution in [0.1, 0.15) is 22.6 Å². The summed E-state index contributed by atoms with van der Waals surface area (Å²) in [5, 5.41) is 3.24. The highest BCUT2D eigenvalue weighted by molar-refractivity contribution is 7.09. The molecule has 0 saturated carbocycles. The van der Waals surface area contributed by atoms with Crippen molar-refractivity contribution >= 4 is 33.6 Å². The summed E-state index contributed by atoms with van der Waals surface area (Å²) in [5.41, 5.74) is 7.86. The molecule has 7 nitrogen and oxygen atoms in total. The zero-order valence-electron chi connectivity index (χ0n) is 12.1. The summed E-state index contributed by atoms with van der Waals surface area (Å²) in [6, 6.07) is 5.46. The molecule has 0 bridgehead atoms. The first kappa shape index (κ1) is 14.6. The summed E-state index contributed by atoms with van der Waals surface area (Å²) in [5.74, 6) is 0.434. The van der Waals surface area contributed by atoms with Gasteiger partial charge in [0.25, 0.3) is 5.91 Å². The first-order chi connectivity index (χ1) is 10.7. The molecule has 1 aromatic carbocycles. The molecular weight excluding hydrogens is 300 g/mol. The van der Waals surface area contributed by atoms with Gasteiger partial charge in [0.1, 0.15) is 5.82 Å². The van der Waals surface area contributed by atoms with Gasteiger partial charge in [-0.1, -0.05) is 0 Å². The van der Waals surface area contributed by atoms with Crippen LogP contribution in [-0.4, -0.2) is 31.4 Å². The fraction of sp³-hybridized carbons (Fsp3) is 0.286. The number of aryl methyl sites for hydroxylation is 2. The van der Waals surface area contributed by atoms with Crippen molar-refractivity contribution in [1.82, 2.24) is 18.9 Å². The molecule has 3 rings (SSSR count). The molecule has 0 fully saturated rings. The van der Waals surface area contributed by atoms with Gasteiger partial charge in [-0.25, -0.2) is 9.97 Å². The van der Waals surface area contributed by atoms with E-state index >= 15 is 0 Å². The van der Waals surface area contributed by atoms with Crippen molar-refractivity contribution in [1.29, 1.82) is 0 Å². The van der Waals surface area contributed by atoms with Crippen molar-refractivity contribution in [2.75, 3.05) is 11.9 Å². The molecule has 0 saturated heterocycles. The lowest BCUT2D eigenvalue weighted by Crippen LogP contribution is -2.11. The molecule has 0 aliphatic heterocycles. The maximum absolute atomic E-state index is 12.2. The SMILES string of the molecule is Cc1nsc(NC(=O)c2ccc3c(c2)ncn3CCCN)n1. The number of amides is 1. The number of rotatable bonds is 5. The number of imidazole rings is 1. The molecule has 0 spiro atoms. The third-order valence-electron chi connectivity index (χ3n) is 3.23. The number of nitrogens with two attached hydrogens (primary N) is 1. The Morgan fingerprint density at radius 2 is 2.32 bits per heavy atom. The monoisotopic (exact) mass is 316 g/mol. The van der Waals surface area contributed by atoms with Gasteiger partial charge in [-0.2, -0.15) is 4.37 Å². The Labute approximate surface area is 131 Å². The first-order valence-electron chi connectivity index (χ1n) is 6.94. The summed E-state index contributed by atoms with van der Waals surface area (Å²) in [4.78, 5) is 20.7. The molecule has 0 unspecified atom stereocenters. The Bertz CT molecular complexity index is 809. The van der Waals surface area contributed by atoms with Gasteiger partial charge in [0.05, 0.1) is 17.4 Å². The van der Waals surface area contributed by atoms with E-state index < -0.39 is 0 Å². The highest BCUT2D eigenvalue weighted by Crippen LogP contribution is 2.17. The number of anilines is 1. The van der Waals surface area contributed by atoms with E-state index in [2.05, 4.69) is 19.7 Å². The Kier molecular flexibility index (Phi) is 4.12. The van der Waals surface area contributed by atoms with E-state index in [1.807, 2.05) is 10.6 Å². The van der Waals surface area contributed by atoms with Crippen LogP contribution in [0.15, 0.2) is 24.5 Å². The molecular formula is C14H16N6OS. The molecule has 2 aromatic heterocycles. The first-order valence-corrected chi connectivity index (χ1v) is 7.71. The quantitative estimate of drug-likeness (QED) is 0.748. The van der Waals surface area contributed by atoms with Crippen molar-refractivity contribution in [3.05, 3.63) is 35.9 Å². The van der Waals surface area contributed by atoms with Crippen LogP contribution < -0.4 is 11.1 Å². The van der Waals surface area contributed by atoms with E-state index in [0.29, 0.717) is 23.1 Å². The highest BCUT2D eigenvalue weighted by atomic mass is 32.1. The van der Waals surface area contributed by atoms with Crippen LogP contribution in [0.5, 0.6) is 0 Å². The summed E-state index contributed by atoms with van der Waals surface area (Å²) >= 11 is 1.16. The maximum Gasteiger partial charge on any atom is 0.257 e. The fourth-order valence-electron chi connectivity index (χ4n) is 2.16. The lowest BCUT2D eigenvalue weighted by Gasteiger charge is -2.04. The molecule has 0 aliphatic carbocycles. The number of aromatic nitrogens is 4. The van der Waals surface area contributed by atoms with E-state index in [1.54, 1.807) is 25.4 Å². The molecule has 0 aliphatic rings. The van der Waals surface area contributed by atoms with Crippen molar-refractivity contribution in [3.63, 3.8) is 0 Å². The average Bonchev–Trinajstić information content (AvgIpc) is 3.10. The molecule has 22 heavy (non-hydrogen) atoms. The van der Waals surface area contributed by atoms with E-state index in [1.165, 1.54) is 0 Å². The predicted molar refractivity (Wildman–Crippen MR) is 86.0 cm³/mol. The number of hydrogen-bond donors (Lipinski definition) is 2. The number of nitrogens with one attached hydrogen (secondary N) is 1. The number of carbonyl (C=O) groups excluding carboxylic acids is 1. The van der Waals surface area contributed by atoms with E-state index in [-0.39, 0.29) is 5.91 Å². The normalized spacial score (nSPS) is 11.0. The minimum absolute atomic E-state index is 0.213. The lowest BCUT2D eigenvalue weighted by atomic mass is 10.2. The molecule has 1 amide bonds. The second-order valence-corrected chi connectivity index (χ2v) is 5.64. The van der Waals surface area contributed by atoms with Crippen LogP contribution in [0, 0.1) is 6.92 Å². The number of fused-ring (bicyclic) bond motifs is 1. The van der Waals surface area contributed by atoms with Crippen molar-refractivity contribution in [2.24, 2.45) is 5.73 Å². The van der Waals surface area contributed by atoms with Crippen LogP contribution in [0.2, 0.25) is 0 Å². The minimum Gasteiger partial charge on any atom is -0.331 e. The summed E-state index contributed by atoms with van der Waals surface area (Å²) in [7, 11) is 0. The fourth-order valence-corrected chi connectivity index (χ4v) is 2.73. The largest absolute Gasteiger partial charge is 0.331 e. The second kappa shape index (κ2) is 6.20. The molecule has 0 radical (unpaired) electrons. The Morgan fingerprint density at radius 3 is 3.05 bits per heavy atom. The predicted octanol–water partition coefficient (Wildman–Crippen LogP) is 1.80. The van der Waals surface area contributed by atoms with Crippen LogP contribution >= 0.6 is 11.5 Å². The van der Waals surface area contributed by atoms with Crippen LogP contribution in [-0.2, 0) is 6.54 Å². The van der Waals surface area contributed by atoms with Gasteiger partial charge in [0.2, 0.25) is 5.13 Å². The van der Waals surface area contributed by atoms with Crippen molar-refractivity contribution in [2.45, 2.75) is 19.9 Å².